The second-order valence-electron chi connectivity index (χ2n) is 3.51. The van der Waals surface area contributed by atoms with Crippen molar-refractivity contribution in [3.8, 4) is 0 Å². The van der Waals surface area contributed by atoms with Crippen LogP contribution in [-0.4, -0.2) is 22.3 Å². The van der Waals surface area contributed by atoms with Crippen LogP contribution in [0.3, 0.4) is 0 Å². The Labute approximate surface area is 102 Å². The molecule has 0 amide bonds. The van der Waals surface area contributed by atoms with E-state index in [1.165, 1.54) is 12.1 Å². The molecule has 1 aromatic rings. The van der Waals surface area contributed by atoms with Crippen molar-refractivity contribution < 1.29 is 13.0 Å². The predicted octanol–water partition coefficient (Wildman–Crippen LogP) is 2.39. The summed E-state index contributed by atoms with van der Waals surface area (Å²) in [4.78, 5) is 0. The summed E-state index contributed by atoms with van der Waals surface area (Å²) in [6, 6.07) is 4.33. The number of alkyl halides is 2. The minimum absolute atomic E-state index is 0.118. The van der Waals surface area contributed by atoms with Gasteiger partial charge in [-0.05, 0) is 18.2 Å². The van der Waals surface area contributed by atoms with E-state index in [4.69, 9.17) is 5.73 Å². The third-order valence-corrected chi connectivity index (χ3v) is 3.58. The summed E-state index contributed by atoms with van der Waals surface area (Å²) >= 11 is 0. The number of benzene rings is 1. The van der Waals surface area contributed by atoms with Gasteiger partial charge in [-0.1, -0.05) is 6.92 Å². The molecular formula is C11H16F2N2OS. The van der Waals surface area contributed by atoms with E-state index in [0.717, 1.165) is 0 Å². The predicted molar refractivity (Wildman–Crippen MR) is 67.9 cm³/mol. The largest absolute Gasteiger partial charge is 0.399 e. The molecule has 1 rings (SSSR count). The van der Waals surface area contributed by atoms with E-state index in [-0.39, 0.29) is 5.56 Å². The molecule has 6 heteroatoms. The second-order valence-corrected chi connectivity index (χ2v) is 5.37. The number of halogens is 2. The highest BCUT2D eigenvalue weighted by Gasteiger charge is 2.13. The first-order valence-electron chi connectivity index (χ1n) is 5.31. The van der Waals surface area contributed by atoms with Gasteiger partial charge in [0.2, 0.25) is 0 Å². The summed E-state index contributed by atoms with van der Waals surface area (Å²) in [5.41, 5.74) is 5.99. The van der Waals surface area contributed by atoms with Crippen LogP contribution < -0.4 is 11.1 Å². The fourth-order valence-corrected chi connectivity index (χ4v) is 1.99. The quantitative estimate of drug-likeness (QED) is 0.774. The summed E-state index contributed by atoms with van der Waals surface area (Å²) < 4.78 is 36.6. The monoisotopic (exact) mass is 262 g/mol. The van der Waals surface area contributed by atoms with Crippen molar-refractivity contribution in [2.75, 3.05) is 29.1 Å². The van der Waals surface area contributed by atoms with Crippen LogP contribution in [-0.2, 0) is 10.8 Å². The zero-order valence-electron chi connectivity index (χ0n) is 9.58. The lowest BCUT2D eigenvalue weighted by molar-refractivity contribution is 0.152. The standard InChI is InChI=1S/C11H16F2N2OS/c1-2-17(16)6-5-15-10-4-3-8(14)7-9(10)11(12)13/h3-4,7,11,15H,2,5-6,14H2,1H3. The molecule has 3 nitrogen and oxygen atoms in total. The SMILES string of the molecule is CCS(=O)CCNc1ccc(N)cc1C(F)F. The Hall–Kier alpha value is -1.17. The lowest BCUT2D eigenvalue weighted by Crippen LogP contribution is -2.13. The molecule has 1 aromatic carbocycles. The van der Waals surface area contributed by atoms with Crippen molar-refractivity contribution in [2.45, 2.75) is 13.3 Å². The van der Waals surface area contributed by atoms with Gasteiger partial charge >= 0.3 is 0 Å². The van der Waals surface area contributed by atoms with Crippen LogP contribution in [0.2, 0.25) is 0 Å². The van der Waals surface area contributed by atoms with E-state index in [1.807, 2.05) is 6.92 Å². The summed E-state index contributed by atoms with van der Waals surface area (Å²) in [5, 5.41) is 2.86. The lowest BCUT2D eigenvalue weighted by atomic mass is 10.1. The molecule has 1 atom stereocenters. The topological polar surface area (TPSA) is 55.1 Å². The average molecular weight is 262 g/mol. The van der Waals surface area contributed by atoms with Gasteiger partial charge in [0, 0.05) is 45.8 Å². The minimum atomic E-state index is -2.57. The van der Waals surface area contributed by atoms with Gasteiger partial charge in [-0.2, -0.15) is 0 Å². The highest BCUT2D eigenvalue weighted by molar-refractivity contribution is 7.84. The second kappa shape index (κ2) is 6.54. The highest BCUT2D eigenvalue weighted by Crippen LogP contribution is 2.28. The molecule has 0 radical (unpaired) electrons. The number of rotatable bonds is 6. The maximum Gasteiger partial charge on any atom is 0.265 e. The van der Waals surface area contributed by atoms with Gasteiger partial charge in [-0.25, -0.2) is 8.78 Å². The van der Waals surface area contributed by atoms with E-state index < -0.39 is 17.2 Å². The number of hydrogen-bond donors (Lipinski definition) is 2. The lowest BCUT2D eigenvalue weighted by Gasteiger charge is -2.12. The van der Waals surface area contributed by atoms with E-state index in [9.17, 15) is 13.0 Å². The van der Waals surface area contributed by atoms with E-state index in [1.54, 1.807) is 6.07 Å². The molecule has 0 aliphatic carbocycles. The van der Waals surface area contributed by atoms with Crippen molar-refractivity contribution in [2.24, 2.45) is 0 Å². The highest BCUT2D eigenvalue weighted by atomic mass is 32.2. The molecule has 0 aromatic heterocycles. The van der Waals surface area contributed by atoms with Crippen LogP contribution in [0.25, 0.3) is 0 Å². The molecule has 0 aliphatic rings. The summed E-state index contributed by atoms with van der Waals surface area (Å²) in [5.74, 6) is 1.02. The van der Waals surface area contributed by atoms with Crippen LogP contribution in [0.4, 0.5) is 20.2 Å². The zero-order chi connectivity index (χ0) is 12.8. The van der Waals surface area contributed by atoms with Gasteiger partial charge in [0.05, 0.1) is 0 Å². The van der Waals surface area contributed by atoms with Gasteiger partial charge in [-0.15, -0.1) is 0 Å². The molecule has 0 saturated carbocycles. The first-order valence-corrected chi connectivity index (χ1v) is 6.79. The van der Waals surface area contributed by atoms with Crippen LogP contribution in [0.5, 0.6) is 0 Å². The Kier molecular flexibility index (Phi) is 5.34. The van der Waals surface area contributed by atoms with Crippen molar-refractivity contribution in [3.05, 3.63) is 23.8 Å². The average Bonchev–Trinajstić information content (AvgIpc) is 2.30. The number of nitrogen functional groups attached to an aromatic ring is 1. The Morgan fingerprint density at radius 3 is 2.76 bits per heavy atom. The fraction of sp³-hybridized carbons (Fsp3) is 0.455. The Morgan fingerprint density at radius 1 is 1.47 bits per heavy atom. The minimum Gasteiger partial charge on any atom is -0.399 e. The molecule has 0 bridgehead atoms. The first-order chi connectivity index (χ1) is 8.04. The summed E-state index contributed by atoms with van der Waals surface area (Å²) in [6.45, 7) is 2.23. The molecular weight excluding hydrogens is 246 g/mol. The molecule has 0 saturated heterocycles. The van der Waals surface area contributed by atoms with Crippen LogP contribution in [0.15, 0.2) is 18.2 Å². The van der Waals surface area contributed by atoms with Gasteiger partial charge in [0.15, 0.2) is 0 Å². The van der Waals surface area contributed by atoms with Crippen molar-refractivity contribution in [1.82, 2.24) is 0 Å². The van der Waals surface area contributed by atoms with Gasteiger partial charge in [-0.3, -0.25) is 4.21 Å². The normalized spacial score (nSPS) is 12.7. The van der Waals surface area contributed by atoms with Gasteiger partial charge < -0.3 is 11.1 Å². The summed E-state index contributed by atoms with van der Waals surface area (Å²) in [6.07, 6.45) is -2.57. The fourth-order valence-electron chi connectivity index (χ4n) is 1.37. The molecule has 0 heterocycles. The molecule has 17 heavy (non-hydrogen) atoms. The number of hydrogen-bond acceptors (Lipinski definition) is 3. The number of anilines is 2. The van der Waals surface area contributed by atoms with Crippen LogP contribution >= 0.6 is 0 Å². The third kappa shape index (κ3) is 4.30. The maximum atomic E-state index is 12.7. The molecule has 0 aliphatic heterocycles. The molecule has 3 N–H and O–H groups in total. The van der Waals surface area contributed by atoms with Gasteiger partial charge in [0.1, 0.15) is 0 Å². The molecule has 0 spiro atoms. The van der Waals surface area contributed by atoms with Gasteiger partial charge in [0.25, 0.3) is 6.43 Å². The van der Waals surface area contributed by atoms with Crippen LogP contribution in [0.1, 0.15) is 18.9 Å². The number of nitrogens with two attached hydrogens (primary N) is 1. The third-order valence-electron chi connectivity index (χ3n) is 2.28. The zero-order valence-corrected chi connectivity index (χ0v) is 10.4. The number of nitrogens with one attached hydrogen (secondary N) is 1. The molecule has 96 valence electrons. The van der Waals surface area contributed by atoms with E-state index in [0.29, 0.717) is 29.4 Å². The van der Waals surface area contributed by atoms with Crippen molar-refractivity contribution in [3.63, 3.8) is 0 Å². The Balaban J connectivity index is 2.67. The van der Waals surface area contributed by atoms with E-state index >= 15 is 0 Å². The maximum absolute atomic E-state index is 12.7. The summed E-state index contributed by atoms with van der Waals surface area (Å²) in [7, 11) is -0.897. The smallest absolute Gasteiger partial charge is 0.265 e. The first kappa shape index (κ1) is 13.9. The molecule has 1 unspecified atom stereocenters. The van der Waals surface area contributed by atoms with Crippen molar-refractivity contribution in [1.29, 1.82) is 0 Å². The van der Waals surface area contributed by atoms with E-state index in [2.05, 4.69) is 5.32 Å². The molecule has 0 fully saturated rings. The van der Waals surface area contributed by atoms with Crippen molar-refractivity contribution >= 4 is 22.2 Å². The Morgan fingerprint density at radius 2 is 2.18 bits per heavy atom. The van der Waals surface area contributed by atoms with Crippen LogP contribution in [0, 0.1) is 0 Å². The Bertz CT molecular complexity index is 399.